The van der Waals surface area contributed by atoms with Gasteiger partial charge in [-0.1, -0.05) is 5.11 Å². The molecule has 1 heterocycles. The third-order valence-electron chi connectivity index (χ3n) is 1.51. The van der Waals surface area contributed by atoms with Crippen LogP contribution in [0.25, 0.3) is 10.4 Å². The first-order valence-corrected chi connectivity index (χ1v) is 3.74. The minimum Gasteiger partial charge on any atom is -0.290 e. The van der Waals surface area contributed by atoms with Crippen molar-refractivity contribution in [1.29, 1.82) is 0 Å². The van der Waals surface area contributed by atoms with Gasteiger partial charge < -0.3 is 0 Å². The molecule has 0 aliphatic heterocycles. The zero-order valence-electron chi connectivity index (χ0n) is 7.21. The number of amides is 1. The van der Waals surface area contributed by atoms with Gasteiger partial charge in [-0.05, 0) is 17.7 Å². The predicted octanol–water partition coefficient (Wildman–Crippen LogP) is 0.495. The number of nitrogens with one attached hydrogen (secondary N) is 1. The lowest BCUT2D eigenvalue weighted by atomic mass is 10.2. The number of nitrogens with zero attached hydrogens (tertiary/aromatic N) is 4. The highest BCUT2D eigenvalue weighted by Crippen LogP contribution is 2.01. The molecule has 3 N–H and O–H groups in total. The number of nitrogens with two attached hydrogens (primary N) is 1. The van der Waals surface area contributed by atoms with E-state index in [0.717, 1.165) is 0 Å². The third kappa shape index (κ3) is 2.44. The van der Waals surface area contributed by atoms with Gasteiger partial charge >= 0.3 is 0 Å². The summed E-state index contributed by atoms with van der Waals surface area (Å²) in [6.07, 6.45) is 1.37. The van der Waals surface area contributed by atoms with Gasteiger partial charge in [-0.25, -0.2) is 5.84 Å². The van der Waals surface area contributed by atoms with Crippen molar-refractivity contribution in [2.45, 2.75) is 6.54 Å². The molecule has 0 aromatic carbocycles. The van der Waals surface area contributed by atoms with Gasteiger partial charge in [0.1, 0.15) is 0 Å². The number of hydrogen-bond acceptors (Lipinski definition) is 4. The number of pyridine rings is 1. The van der Waals surface area contributed by atoms with Gasteiger partial charge in [0.25, 0.3) is 5.91 Å². The van der Waals surface area contributed by atoms with Crippen LogP contribution < -0.4 is 11.3 Å². The Morgan fingerprint density at radius 2 is 2.50 bits per heavy atom. The van der Waals surface area contributed by atoms with E-state index in [1.54, 1.807) is 12.1 Å². The van der Waals surface area contributed by atoms with Crippen LogP contribution in [0.3, 0.4) is 0 Å². The molecular formula is C7H8N6O. The summed E-state index contributed by atoms with van der Waals surface area (Å²) in [6, 6.07) is 3.15. The Morgan fingerprint density at radius 1 is 1.71 bits per heavy atom. The smallest absolute Gasteiger partial charge is 0.266 e. The molecule has 0 saturated carbocycles. The summed E-state index contributed by atoms with van der Waals surface area (Å²) in [5.41, 5.74) is 11.0. The first-order valence-electron chi connectivity index (χ1n) is 3.74. The van der Waals surface area contributed by atoms with Crippen LogP contribution in [0.4, 0.5) is 0 Å². The highest BCUT2D eigenvalue weighted by molar-refractivity contribution is 5.93. The van der Waals surface area contributed by atoms with Gasteiger partial charge in [-0.2, -0.15) is 0 Å². The second kappa shape index (κ2) is 4.80. The Labute approximate surface area is 79.5 Å². The fourth-order valence-corrected chi connectivity index (χ4v) is 0.840. The summed E-state index contributed by atoms with van der Waals surface area (Å²) in [6.45, 7) is 0.168. The van der Waals surface area contributed by atoms with E-state index in [9.17, 15) is 4.79 Å². The lowest BCUT2D eigenvalue weighted by Crippen LogP contribution is -2.30. The fourth-order valence-electron chi connectivity index (χ4n) is 0.840. The second-order valence-electron chi connectivity index (χ2n) is 2.40. The summed E-state index contributed by atoms with van der Waals surface area (Å²) in [7, 11) is 0. The molecule has 7 nitrogen and oxygen atoms in total. The van der Waals surface area contributed by atoms with E-state index >= 15 is 0 Å². The number of carbonyl (C=O) groups is 1. The molecule has 0 spiro atoms. The number of hydrazine groups is 1. The lowest BCUT2D eigenvalue weighted by molar-refractivity contribution is 0.0953. The van der Waals surface area contributed by atoms with Gasteiger partial charge in [-0.15, -0.1) is 0 Å². The van der Waals surface area contributed by atoms with Crippen molar-refractivity contribution >= 4 is 5.91 Å². The molecule has 0 atom stereocenters. The van der Waals surface area contributed by atoms with Crippen molar-refractivity contribution in [3.63, 3.8) is 0 Å². The normalized spacial score (nSPS) is 8.93. The maximum absolute atomic E-state index is 11.0. The first kappa shape index (κ1) is 9.97. The zero-order chi connectivity index (χ0) is 10.4. The van der Waals surface area contributed by atoms with Crippen molar-refractivity contribution in [3.05, 3.63) is 40.0 Å². The van der Waals surface area contributed by atoms with Crippen LogP contribution in [0.1, 0.15) is 16.1 Å². The Morgan fingerprint density at radius 3 is 3.00 bits per heavy atom. The number of hydrogen-bond donors (Lipinski definition) is 2. The third-order valence-corrected chi connectivity index (χ3v) is 1.51. The number of aromatic nitrogens is 1. The number of carbonyl (C=O) groups excluding carboxylic acids is 1. The van der Waals surface area contributed by atoms with E-state index in [1.165, 1.54) is 6.20 Å². The van der Waals surface area contributed by atoms with Crippen LogP contribution in [0.2, 0.25) is 0 Å². The molecule has 0 radical (unpaired) electrons. The lowest BCUT2D eigenvalue weighted by Gasteiger charge is -1.99. The predicted molar refractivity (Wildman–Crippen MR) is 48.7 cm³/mol. The van der Waals surface area contributed by atoms with E-state index in [0.29, 0.717) is 11.3 Å². The van der Waals surface area contributed by atoms with Crippen molar-refractivity contribution in [1.82, 2.24) is 10.4 Å². The molecule has 0 aliphatic rings. The van der Waals surface area contributed by atoms with Crippen LogP contribution in [-0.4, -0.2) is 10.9 Å². The standard InChI is InChI=1S/C7H8N6O/c8-12-7(14)5-1-2-6(10-3-5)4-11-13-9/h1-3H,4,8H2,(H,12,14). The zero-order valence-corrected chi connectivity index (χ0v) is 7.21. The fraction of sp³-hybridized carbons (Fsp3) is 0.143. The summed E-state index contributed by atoms with van der Waals surface area (Å²) < 4.78 is 0. The van der Waals surface area contributed by atoms with Gasteiger partial charge in [0.2, 0.25) is 0 Å². The Balaban J connectivity index is 2.78. The molecule has 0 aliphatic carbocycles. The molecule has 0 saturated heterocycles. The minimum atomic E-state index is -0.409. The summed E-state index contributed by atoms with van der Waals surface area (Å²) in [5, 5.41) is 3.33. The van der Waals surface area contributed by atoms with Crippen LogP contribution >= 0.6 is 0 Å². The van der Waals surface area contributed by atoms with Crippen molar-refractivity contribution < 1.29 is 4.79 Å². The monoisotopic (exact) mass is 192 g/mol. The van der Waals surface area contributed by atoms with Gasteiger partial charge in [0.15, 0.2) is 0 Å². The second-order valence-corrected chi connectivity index (χ2v) is 2.40. The maximum atomic E-state index is 11.0. The summed E-state index contributed by atoms with van der Waals surface area (Å²) in [5.74, 6) is 4.52. The van der Waals surface area contributed by atoms with Crippen LogP contribution in [0.5, 0.6) is 0 Å². The molecule has 72 valence electrons. The number of rotatable bonds is 3. The summed E-state index contributed by atoms with van der Waals surface area (Å²) in [4.78, 5) is 17.5. The topological polar surface area (TPSA) is 117 Å². The highest BCUT2D eigenvalue weighted by Gasteiger charge is 2.02. The van der Waals surface area contributed by atoms with Crippen LogP contribution in [0.15, 0.2) is 23.4 Å². The molecule has 0 unspecified atom stereocenters. The molecule has 1 aromatic heterocycles. The molecule has 0 bridgehead atoms. The largest absolute Gasteiger partial charge is 0.290 e. The van der Waals surface area contributed by atoms with Gasteiger partial charge in [0.05, 0.1) is 12.1 Å². The molecule has 1 amide bonds. The maximum Gasteiger partial charge on any atom is 0.266 e. The van der Waals surface area contributed by atoms with Crippen molar-refractivity contribution in [2.75, 3.05) is 0 Å². The Kier molecular flexibility index (Phi) is 3.42. The van der Waals surface area contributed by atoms with Crippen molar-refractivity contribution in [2.24, 2.45) is 11.0 Å². The highest BCUT2D eigenvalue weighted by atomic mass is 16.2. The average Bonchev–Trinajstić information content (AvgIpc) is 2.26. The molecule has 0 fully saturated rings. The molecule has 1 aromatic rings. The van der Waals surface area contributed by atoms with E-state index in [4.69, 9.17) is 11.4 Å². The number of nitrogen functional groups attached to an aromatic ring is 1. The van der Waals surface area contributed by atoms with E-state index in [2.05, 4.69) is 15.0 Å². The number of azide groups is 1. The van der Waals surface area contributed by atoms with Crippen LogP contribution in [-0.2, 0) is 6.54 Å². The van der Waals surface area contributed by atoms with E-state index in [-0.39, 0.29) is 6.54 Å². The average molecular weight is 192 g/mol. The van der Waals surface area contributed by atoms with Gasteiger partial charge in [-0.3, -0.25) is 15.2 Å². The molecule has 1 rings (SSSR count). The summed E-state index contributed by atoms with van der Waals surface area (Å²) >= 11 is 0. The molecule has 7 heteroatoms. The SMILES string of the molecule is [N-]=[N+]=NCc1ccc(C(=O)NN)cn1. The minimum absolute atomic E-state index is 0.168. The quantitative estimate of drug-likeness (QED) is 0.181. The van der Waals surface area contributed by atoms with E-state index < -0.39 is 5.91 Å². The Hall–Kier alpha value is -2.11. The van der Waals surface area contributed by atoms with E-state index in [1.807, 2.05) is 5.43 Å². The molecule has 14 heavy (non-hydrogen) atoms. The first-order chi connectivity index (χ1) is 6.77. The van der Waals surface area contributed by atoms with Crippen LogP contribution in [0, 0.1) is 0 Å². The van der Waals surface area contributed by atoms with Crippen molar-refractivity contribution in [3.8, 4) is 0 Å². The molecular weight excluding hydrogens is 184 g/mol. The Bertz CT molecular complexity index is 366. The van der Waals surface area contributed by atoms with Gasteiger partial charge in [0, 0.05) is 16.8 Å².